The number of thiophene rings is 1. The van der Waals surface area contributed by atoms with Gasteiger partial charge < -0.3 is 5.73 Å². The second-order valence-electron chi connectivity index (χ2n) is 6.17. The SMILES string of the molecule is N#CC1=C(N)N(c2ccc(Br)cn2)C2=C(C(=O)CCC2)[C@@H]1c1cccs1. The first-order valence-corrected chi connectivity index (χ1v) is 9.90. The normalized spacial score (nSPS) is 20.2. The maximum atomic E-state index is 12.9. The third-order valence-corrected chi connectivity index (χ3v) is 6.09. The number of Topliss-reactive ketones (excluding diaryl/α,β-unsaturated/α-hetero) is 1. The minimum atomic E-state index is -0.380. The molecule has 1 aliphatic heterocycles. The molecule has 0 radical (unpaired) electrons. The molecule has 0 aromatic carbocycles. The zero-order valence-corrected chi connectivity index (χ0v) is 16.2. The summed E-state index contributed by atoms with van der Waals surface area (Å²) in [6, 6.07) is 9.85. The number of pyridine rings is 1. The summed E-state index contributed by atoms with van der Waals surface area (Å²) in [6.07, 6.45) is 3.70. The molecular formula is C19H15BrN4OS. The van der Waals surface area contributed by atoms with E-state index in [4.69, 9.17) is 5.73 Å². The number of nitriles is 1. The van der Waals surface area contributed by atoms with Gasteiger partial charge >= 0.3 is 0 Å². The van der Waals surface area contributed by atoms with Crippen molar-refractivity contribution >= 4 is 38.9 Å². The van der Waals surface area contributed by atoms with Crippen molar-refractivity contribution in [1.29, 1.82) is 5.26 Å². The second kappa shape index (κ2) is 6.71. The molecule has 1 aliphatic carbocycles. The van der Waals surface area contributed by atoms with Crippen LogP contribution in [0.3, 0.4) is 0 Å². The van der Waals surface area contributed by atoms with Crippen LogP contribution in [0.4, 0.5) is 5.82 Å². The highest BCUT2D eigenvalue weighted by Gasteiger charge is 2.40. The molecule has 2 aromatic heterocycles. The first-order chi connectivity index (χ1) is 12.6. The fraction of sp³-hybridized carbons (Fsp3) is 0.211. The quantitative estimate of drug-likeness (QED) is 0.777. The fourth-order valence-corrected chi connectivity index (χ4v) is 4.67. The molecule has 0 spiro atoms. The zero-order chi connectivity index (χ0) is 18.3. The summed E-state index contributed by atoms with van der Waals surface area (Å²) in [5.74, 6) is 0.681. The van der Waals surface area contributed by atoms with Gasteiger partial charge in [0, 0.05) is 33.2 Å². The maximum Gasteiger partial charge on any atom is 0.161 e. The fourth-order valence-electron chi connectivity index (χ4n) is 3.59. The van der Waals surface area contributed by atoms with Crippen molar-refractivity contribution in [2.45, 2.75) is 25.2 Å². The number of carbonyl (C=O) groups is 1. The van der Waals surface area contributed by atoms with Gasteiger partial charge in [-0.25, -0.2) is 4.98 Å². The molecule has 0 amide bonds. The van der Waals surface area contributed by atoms with E-state index in [0.717, 1.165) is 27.9 Å². The predicted octanol–water partition coefficient (Wildman–Crippen LogP) is 4.21. The van der Waals surface area contributed by atoms with Crippen LogP contribution in [0.15, 0.2) is 63.0 Å². The zero-order valence-electron chi connectivity index (χ0n) is 13.8. The predicted molar refractivity (Wildman–Crippen MR) is 104 cm³/mol. The number of hydrogen-bond donors (Lipinski definition) is 1. The number of aromatic nitrogens is 1. The molecule has 2 aliphatic rings. The molecule has 2 aromatic rings. The highest BCUT2D eigenvalue weighted by molar-refractivity contribution is 9.10. The summed E-state index contributed by atoms with van der Waals surface area (Å²) in [7, 11) is 0. The van der Waals surface area contributed by atoms with E-state index in [2.05, 4.69) is 27.0 Å². The lowest BCUT2D eigenvalue weighted by Crippen LogP contribution is -2.38. The highest BCUT2D eigenvalue weighted by Crippen LogP contribution is 2.46. The van der Waals surface area contributed by atoms with Crippen LogP contribution in [0.25, 0.3) is 0 Å². The molecule has 1 atom stereocenters. The molecule has 0 unspecified atom stereocenters. The van der Waals surface area contributed by atoms with E-state index in [0.29, 0.717) is 29.2 Å². The van der Waals surface area contributed by atoms with Gasteiger partial charge in [-0.05, 0) is 52.4 Å². The summed E-state index contributed by atoms with van der Waals surface area (Å²) in [5.41, 5.74) is 8.41. The van der Waals surface area contributed by atoms with E-state index in [9.17, 15) is 10.1 Å². The molecule has 3 heterocycles. The number of nitrogens with zero attached hydrogens (tertiary/aromatic N) is 3. The number of ketones is 1. The standard InChI is InChI=1S/C19H15BrN4OS/c20-11-6-7-16(23-10-11)24-13-3-1-4-14(25)18(13)17(12(9-21)19(24)22)15-5-2-8-26-15/h2,5-8,10,17H,1,3-4,22H2/t17-/m0/s1. The van der Waals surface area contributed by atoms with Crippen molar-refractivity contribution in [1.82, 2.24) is 4.98 Å². The Balaban J connectivity index is 1.96. The Morgan fingerprint density at radius 2 is 2.19 bits per heavy atom. The second-order valence-corrected chi connectivity index (χ2v) is 8.06. The number of halogens is 1. The van der Waals surface area contributed by atoms with Crippen molar-refractivity contribution < 1.29 is 4.79 Å². The van der Waals surface area contributed by atoms with Crippen molar-refractivity contribution in [2.24, 2.45) is 5.73 Å². The lowest BCUT2D eigenvalue weighted by Gasteiger charge is -2.38. The topological polar surface area (TPSA) is 83.0 Å². The van der Waals surface area contributed by atoms with Crippen LogP contribution in [0, 0.1) is 11.3 Å². The van der Waals surface area contributed by atoms with Gasteiger partial charge in [-0.15, -0.1) is 11.3 Å². The van der Waals surface area contributed by atoms with E-state index in [1.807, 2.05) is 29.6 Å². The average Bonchev–Trinajstić information content (AvgIpc) is 3.16. The molecule has 0 saturated heterocycles. The van der Waals surface area contributed by atoms with E-state index in [-0.39, 0.29) is 11.7 Å². The molecule has 2 N–H and O–H groups in total. The Labute approximate surface area is 163 Å². The Morgan fingerprint density at radius 3 is 2.85 bits per heavy atom. The average molecular weight is 427 g/mol. The Hall–Kier alpha value is -2.43. The number of anilines is 1. The molecule has 130 valence electrons. The third-order valence-electron chi connectivity index (χ3n) is 4.68. The van der Waals surface area contributed by atoms with Crippen molar-refractivity contribution in [3.05, 3.63) is 67.9 Å². The summed E-state index contributed by atoms with van der Waals surface area (Å²) in [5, 5.41) is 11.8. The number of allylic oxidation sites excluding steroid dienone is 3. The molecule has 5 nitrogen and oxygen atoms in total. The Kier molecular flexibility index (Phi) is 4.39. The van der Waals surface area contributed by atoms with Crippen LogP contribution in [-0.4, -0.2) is 10.8 Å². The minimum Gasteiger partial charge on any atom is -0.384 e. The Morgan fingerprint density at radius 1 is 1.35 bits per heavy atom. The minimum absolute atomic E-state index is 0.0898. The lowest BCUT2D eigenvalue weighted by atomic mass is 9.78. The number of hydrogen-bond acceptors (Lipinski definition) is 6. The summed E-state index contributed by atoms with van der Waals surface area (Å²) >= 11 is 4.92. The van der Waals surface area contributed by atoms with E-state index in [1.54, 1.807) is 11.1 Å². The first kappa shape index (κ1) is 17.0. The van der Waals surface area contributed by atoms with Gasteiger partial charge in [0.15, 0.2) is 5.78 Å². The maximum absolute atomic E-state index is 12.9. The molecule has 7 heteroatoms. The summed E-state index contributed by atoms with van der Waals surface area (Å²) in [6.45, 7) is 0. The third kappa shape index (κ3) is 2.66. The molecule has 4 rings (SSSR count). The van der Waals surface area contributed by atoms with E-state index in [1.165, 1.54) is 11.3 Å². The van der Waals surface area contributed by atoms with E-state index < -0.39 is 0 Å². The molecule has 0 fully saturated rings. The van der Waals surface area contributed by atoms with Gasteiger partial charge in [0.05, 0.1) is 17.6 Å². The molecule has 26 heavy (non-hydrogen) atoms. The van der Waals surface area contributed by atoms with Crippen molar-refractivity contribution in [3.63, 3.8) is 0 Å². The number of rotatable bonds is 2. The van der Waals surface area contributed by atoms with Crippen LogP contribution < -0.4 is 10.6 Å². The van der Waals surface area contributed by atoms with Crippen LogP contribution >= 0.6 is 27.3 Å². The number of nitrogens with two attached hydrogens (primary N) is 1. The monoisotopic (exact) mass is 426 g/mol. The number of carbonyl (C=O) groups excluding carboxylic acids is 1. The molecule has 0 saturated carbocycles. The van der Waals surface area contributed by atoms with Crippen LogP contribution in [-0.2, 0) is 4.79 Å². The smallest absolute Gasteiger partial charge is 0.161 e. The van der Waals surface area contributed by atoms with Gasteiger partial charge in [0.2, 0.25) is 0 Å². The van der Waals surface area contributed by atoms with Crippen molar-refractivity contribution in [2.75, 3.05) is 4.90 Å². The van der Waals surface area contributed by atoms with Crippen molar-refractivity contribution in [3.8, 4) is 6.07 Å². The Bertz CT molecular complexity index is 970. The van der Waals surface area contributed by atoms with Gasteiger partial charge in [-0.1, -0.05) is 6.07 Å². The summed E-state index contributed by atoms with van der Waals surface area (Å²) in [4.78, 5) is 20.0. The first-order valence-electron chi connectivity index (χ1n) is 8.23. The lowest BCUT2D eigenvalue weighted by molar-refractivity contribution is -0.116. The van der Waals surface area contributed by atoms with Crippen LogP contribution in [0.2, 0.25) is 0 Å². The summed E-state index contributed by atoms with van der Waals surface area (Å²) < 4.78 is 0.853. The molecule has 0 bridgehead atoms. The molecular weight excluding hydrogens is 412 g/mol. The van der Waals surface area contributed by atoms with Gasteiger partial charge in [0.1, 0.15) is 11.6 Å². The van der Waals surface area contributed by atoms with Gasteiger partial charge in [-0.2, -0.15) is 5.26 Å². The highest BCUT2D eigenvalue weighted by atomic mass is 79.9. The van der Waals surface area contributed by atoms with Gasteiger partial charge in [0.25, 0.3) is 0 Å². The van der Waals surface area contributed by atoms with Crippen LogP contribution in [0.5, 0.6) is 0 Å². The van der Waals surface area contributed by atoms with Gasteiger partial charge in [-0.3, -0.25) is 9.69 Å². The largest absolute Gasteiger partial charge is 0.384 e. The van der Waals surface area contributed by atoms with E-state index >= 15 is 0 Å². The van der Waals surface area contributed by atoms with Crippen LogP contribution in [0.1, 0.15) is 30.1 Å².